The van der Waals surface area contributed by atoms with Gasteiger partial charge in [-0.1, -0.05) is 19.1 Å². The molecule has 0 saturated carbocycles. The first kappa shape index (κ1) is 15.5. The highest BCUT2D eigenvalue weighted by atomic mass is 127. The lowest BCUT2D eigenvalue weighted by Crippen LogP contribution is -2.25. The first-order valence-electron chi connectivity index (χ1n) is 7.08. The monoisotopic (exact) mass is 383 g/mol. The molecule has 1 unspecified atom stereocenters. The van der Waals surface area contributed by atoms with E-state index in [0.717, 1.165) is 25.1 Å². The molecule has 0 aliphatic heterocycles. The summed E-state index contributed by atoms with van der Waals surface area (Å²) in [7, 11) is 2.02. The molecule has 0 fully saturated rings. The van der Waals surface area contributed by atoms with Crippen molar-refractivity contribution in [1.82, 2.24) is 15.1 Å². The SMILES string of the molecule is CCCNC(Cc1cc(C)nn1C)c1ccc(I)cc1. The molecule has 1 heterocycles. The van der Waals surface area contributed by atoms with Gasteiger partial charge in [0.15, 0.2) is 0 Å². The molecule has 1 atom stereocenters. The van der Waals surface area contributed by atoms with E-state index in [9.17, 15) is 0 Å². The van der Waals surface area contributed by atoms with Gasteiger partial charge in [-0.2, -0.15) is 5.10 Å². The number of benzene rings is 1. The number of nitrogens with one attached hydrogen (secondary N) is 1. The first-order valence-corrected chi connectivity index (χ1v) is 8.16. The van der Waals surface area contributed by atoms with Gasteiger partial charge in [0.05, 0.1) is 5.69 Å². The maximum Gasteiger partial charge on any atom is 0.0596 e. The number of rotatable bonds is 6. The summed E-state index contributed by atoms with van der Waals surface area (Å²) in [6, 6.07) is 11.3. The predicted octanol–water partition coefficient (Wildman–Crippen LogP) is 3.62. The van der Waals surface area contributed by atoms with Crippen LogP contribution in [0.25, 0.3) is 0 Å². The molecule has 0 aliphatic rings. The summed E-state index contributed by atoms with van der Waals surface area (Å²) < 4.78 is 3.26. The van der Waals surface area contributed by atoms with Crippen LogP contribution in [-0.4, -0.2) is 16.3 Å². The van der Waals surface area contributed by atoms with Gasteiger partial charge >= 0.3 is 0 Å². The highest BCUT2D eigenvalue weighted by molar-refractivity contribution is 14.1. The Labute approximate surface area is 134 Å². The van der Waals surface area contributed by atoms with Crippen LogP contribution in [-0.2, 0) is 13.5 Å². The van der Waals surface area contributed by atoms with Gasteiger partial charge in [0, 0.05) is 28.8 Å². The maximum absolute atomic E-state index is 4.44. The number of nitrogens with zero attached hydrogens (tertiary/aromatic N) is 2. The van der Waals surface area contributed by atoms with Crippen LogP contribution in [0.15, 0.2) is 30.3 Å². The van der Waals surface area contributed by atoms with E-state index in [1.807, 2.05) is 18.7 Å². The van der Waals surface area contributed by atoms with Gasteiger partial charge in [-0.3, -0.25) is 4.68 Å². The van der Waals surface area contributed by atoms with Gasteiger partial charge in [-0.05, 0) is 66.2 Å². The van der Waals surface area contributed by atoms with Crippen LogP contribution in [0.1, 0.15) is 36.3 Å². The van der Waals surface area contributed by atoms with Crippen molar-refractivity contribution in [3.8, 4) is 0 Å². The second kappa shape index (κ2) is 7.22. The van der Waals surface area contributed by atoms with Crippen molar-refractivity contribution < 1.29 is 0 Å². The molecule has 3 nitrogen and oxygen atoms in total. The molecule has 1 N–H and O–H groups in total. The van der Waals surface area contributed by atoms with Crippen LogP contribution in [0.2, 0.25) is 0 Å². The van der Waals surface area contributed by atoms with Gasteiger partial charge in [0.1, 0.15) is 0 Å². The van der Waals surface area contributed by atoms with Crippen molar-refractivity contribution in [1.29, 1.82) is 0 Å². The van der Waals surface area contributed by atoms with Crippen molar-refractivity contribution in [3.05, 3.63) is 50.9 Å². The highest BCUT2D eigenvalue weighted by Crippen LogP contribution is 2.20. The molecule has 1 aromatic heterocycles. The van der Waals surface area contributed by atoms with Crippen molar-refractivity contribution in [2.45, 2.75) is 32.7 Å². The van der Waals surface area contributed by atoms with E-state index in [0.29, 0.717) is 6.04 Å². The average Bonchev–Trinajstić information content (AvgIpc) is 2.74. The fourth-order valence-electron chi connectivity index (χ4n) is 2.39. The maximum atomic E-state index is 4.44. The molecule has 4 heteroatoms. The normalized spacial score (nSPS) is 12.6. The van der Waals surface area contributed by atoms with Gasteiger partial charge in [0.25, 0.3) is 0 Å². The summed E-state index contributed by atoms with van der Waals surface area (Å²) in [5.74, 6) is 0. The third kappa shape index (κ3) is 4.06. The van der Waals surface area contributed by atoms with Crippen molar-refractivity contribution in [2.75, 3.05) is 6.54 Å². The minimum Gasteiger partial charge on any atom is -0.310 e. The molecular weight excluding hydrogens is 361 g/mol. The summed E-state index contributed by atoms with van der Waals surface area (Å²) in [5.41, 5.74) is 3.70. The zero-order valence-corrected chi connectivity index (χ0v) is 14.5. The van der Waals surface area contributed by atoms with E-state index < -0.39 is 0 Å². The number of hydrogen-bond donors (Lipinski definition) is 1. The van der Waals surface area contributed by atoms with E-state index in [4.69, 9.17) is 0 Å². The second-order valence-electron chi connectivity index (χ2n) is 5.16. The topological polar surface area (TPSA) is 29.9 Å². The molecule has 0 saturated heterocycles. The molecule has 0 bridgehead atoms. The van der Waals surface area contributed by atoms with E-state index in [1.165, 1.54) is 14.8 Å². The van der Waals surface area contributed by atoms with Crippen LogP contribution in [0.4, 0.5) is 0 Å². The molecule has 0 spiro atoms. The largest absolute Gasteiger partial charge is 0.310 e. The lowest BCUT2D eigenvalue weighted by Gasteiger charge is -2.19. The number of aromatic nitrogens is 2. The van der Waals surface area contributed by atoms with Crippen LogP contribution < -0.4 is 5.32 Å². The highest BCUT2D eigenvalue weighted by Gasteiger charge is 2.14. The summed E-state index contributed by atoms with van der Waals surface area (Å²) in [5, 5.41) is 8.09. The second-order valence-corrected chi connectivity index (χ2v) is 6.41. The standard InChI is InChI=1S/C16H22IN3/c1-4-9-18-16(13-5-7-14(17)8-6-13)11-15-10-12(2)19-20(15)3/h5-8,10,16,18H,4,9,11H2,1-3H3. The van der Waals surface area contributed by atoms with Crippen molar-refractivity contribution in [2.24, 2.45) is 7.05 Å². The minimum absolute atomic E-state index is 0.349. The smallest absolute Gasteiger partial charge is 0.0596 e. The number of hydrogen-bond acceptors (Lipinski definition) is 2. The van der Waals surface area contributed by atoms with Crippen molar-refractivity contribution in [3.63, 3.8) is 0 Å². The van der Waals surface area contributed by atoms with E-state index in [1.54, 1.807) is 0 Å². The fourth-order valence-corrected chi connectivity index (χ4v) is 2.75. The molecule has 1 aromatic carbocycles. The zero-order chi connectivity index (χ0) is 14.5. The average molecular weight is 383 g/mol. The van der Waals surface area contributed by atoms with Crippen LogP contribution in [0.3, 0.4) is 0 Å². The summed E-state index contributed by atoms with van der Waals surface area (Å²) in [6.07, 6.45) is 2.11. The van der Waals surface area contributed by atoms with E-state index in [2.05, 4.69) is 70.3 Å². The number of halogens is 1. The van der Waals surface area contributed by atoms with E-state index in [-0.39, 0.29) is 0 Å². The molecule has 2 rings (SSSR count). The first-order chi connectivity index (χ1) is 9.60. The summed E-state index contributed by atoms with van der Waals surface area (Å²) in [4.78, 5) is 0. The molecule has 0 radical (unpaired) electrons. The van der Waals surface area contributed by atoms with Crippen LogP contribution in [0, 0.1) is 10.5 Å². The Morgan fingerprint density at radius 1 is 1.30 bits per heavy atom. The zero-order valence-electron chi connectivity index (χ0n) is 12.4. The minimum atomic E-state index is 0.349. The van der Waals surface area contributed by atoms with Gasteiger partial charge in [-0.15, -0.1) is 0 Å². The number of aryl methyl sites for hydroxylation is 2. The Morgan fingerprint density at radius 2 is 2.00 bits per heavy atom. The summed E-state index contributed by atoms with van der Waals surface area (Å²) >= 11 is 2.35. The Balaban J connectivity index is 2.18. The lowest BCUT2D eigenvalue weighted by atomic mass is 10.0. The summed E-state index contributed by atoms with van der Waals surface area (Å²) in [6.45, 7) is 5.28. The quantitative estimate of drug-likeness (QED) is 0.773. The Morgan fingerprint density at radius 3 is 2.55 bits per heavy atom. The molecule has 0 amide bonds. The Kier molecular flexibility index (Phi) is 5.60. The van der Waals surface area contributed by atoms with Gasteiger partial charge in [0.2, 0.25) is 0 Å². The predicted molar refractivity (Wildman–Crippen MR) is 91.8 cm³/mol. The molecular formula is C16H22IN3. The third-order valence-corrected chi connectivity index (χ3v) is 4.14. The third-order valence-electron chi connectivity index (χ3n) is 3.43. The van der Waals surface area contributed by atoms with Crippen molar-refractivity contribution >= 4 is 22.6 Å². The van der Waals surface area contributed by atoms with E-state index >= 15 is 0 Å². The molecule has 0 aliphatic carbocycles. The van der Waals surface area contributed by atoms with Gasteiger partial charge < -0.3 is 5.32 Å². The fraction of sp³-hybridized carbons (Fsp3) is 0.438. The lowest BCUT2D eigenvalue weighted by molar-refractivity contribution is 0.512. The van der Waals surface area contributed by atoms with Crippen LogP contribution in [0.5, 0.6) is 0 Å². The van der Waals surface area contributed by atoms with Gasteiger partial charge in [-0.25, -0.2) is 0 Å². The Bertz CT molecular complexity index is 545. The molecule has 2 aromatic rings. The van der Waals surface area contributed by atoms with Crippen LogP contribution >= 0.6 is 22.6 Å². The Hall–Kier alpha value is -0.880. The molecule has 20 heavy (non-hydrogen) atoms. The molecule has 108 valence electrons.